The van der Waals surface area contributed by atoms with Gasteiger partial charge in [-0.2, -0.15) is 0 Å². The standard InChI is InChI=1S/C10H7ClN2S/c11-8-3-1-2-7(6-8)9-10(14)13-5-4-12-9/h1-6H,(H,13,14). The quantitative estimate of drug-likeness (QED) is 0.749. The molecule has 1 N–H and O–H groups in total. The second-order valence-corrected chi connectivity index (χ2v) is 3.62. The molecule has 4 heteroatoms. The van der Waals surface area contributed by atoms with Crippen molar-refractivity contribution >= 4 is 23.8 Å². The van der Waals surface area contributed by atoms with Crippen molar-refractivity contribution < 1.29 is 0 Å². The second-order valence-electron chi connectivity index (χ2n) is 2.78. The highest BCUT2D eigenvalue weighted by Gasteiger charge is 2.00. The smallest absolute Gasteiger partial charge is 0.129 e. The van der Waals surface area contributed by atoms with Crippen molar-refractivity contribution in [2.75, 3.05) is 0 Å². The lowest BCUT2D eigenvalue weighted by Crippen LogP contribution is -1.86. The van der Waals surface area contributed by atoms with Gasteiger partial charge in [-0.1, -0.05) is 36.0 Å². The lowest BCUT2D eigenvalue weighted by Gasteiger charge is -2.00. The monoisotopic (exact) mass is 222 g/mol. The van der Waals surface area contributed by atoms with E-state index in [0.717, 1.165) is 11.3 Å². The van der Waals surface area contributed by atoms with Gasteiger partial charge in [-0.3, -0.25) is 4.98 Å². The maximum Gasteiger partial charge on any atom is 0.129 e. The summed E-state index contributed by atoms with van der Waals surface area (Å²) in [5.74, 6) is 0. The van der Waals surface area contributed by atoms with E-state index >= 15 is 0 Å². The molecule has 14 heavy (non-hydrogen) atoms. The van der Waals surface area contributed by atoms with E-state index < -0.39 is 0 Å². The number of H-pyrrole nitrogens is 1. The van der Waals surface area contributed by atoms with Crippen molar-refractivity contribution in [3.8, 4) is 11.3 Å². The van der Waals surface area contributed by atoms with Crippen molar-refractivity contribution in [1.29, 1.82) is 0 Å². The Bertz CT molecular complexity index is 507. The van der Waals surface area contributed by atoms with Crippen molar-refractivity contribution in [2.45, 2.75) is 0 Å². The highest BCUT2D eigenvalue weighted by molar-refractivity contribution is 7.71. The topological polar surface area (TPSA) is 28.7 Å². The lowest BCUT2D eigenvalue weighted by atomic mass is 10.2. The molecule has 0 radical (unpaired) electrons. The molecule has 2 aromatic rings. The van der Waals surface area contributed by atoms with Gasteiger partial charge in [-0.15, -0.1) is 0 Å². The Hall–Kier alpha value is -1.19. The zero-order valence-electron chi connectivity index (χ0n) is 7.20. The second kappa shape index (κ2) is 3.90. The summed E-state index contributed by atoms with van der Waals surface area (Å²) >= 11 is 11.0. The van der Waals surface area contributed by atoms with E-state index in [-0.39, 0.29) is 0 Å². The Morgan fingerprint density at radius 2 is 2.21 bits per heavy atom. The molecular formula is C10H7ClN2S. The van der Waals surface area contributed by atoms with Crippen LogP contribution in [-0.4, -0.2) is 9.97 Å². The van der Waals surface area contributed by atoms with E-state index in [1.807, 2.05) is 24.3 Å². The average molecular weight is 223 g/mol. The number of nitrogens with one attached hydrogen (secondary N) is 1. The number of benzene rings is 1. The minimum Gasteiger partial charge on any atom is -0.350 e. The molecule has 0 bridgehead atoms. The van der Waals surface area contributed by atoms with E-state index in [0.29, 0.717) is 9.66 Å². The predicted molar refractivity (Wildman–Crippen MR) is 59.9 cm³/mol. The first-order valence-electron chi connectivity index (χ1n) is 4.07. The fourth-order valence-corrected chi connectivity index (χ4v) is 1.62. The number of aromatic amines is 1. The molecule has 1 aromatic carbocycles. The first-order valence-corrected chi connectivity index (χ1v) is 4.85. The Kier molecular flexibility index (Phi) is 2.61. The fraction of sp³-hybridized carbons (Fsp3) is 0. The summed E-state index contributed by atoms with van der Waals surface area (Å²) in [6, 6.07) is 7.47. The fourth-order valence-electron chi connectivity index (χ4n) is 1.19. The molecule has 0 aliphatic carbocycles. The molecule has 0 unspecified atom stereocenters. The molecule has 0 saturated carbocycles. The summed E-state index contributed by atoms with van der Waals surface area (Å²) in [5, 5.41) is 0.683. The maximum absolute atomic E-state index is 5.88. The number of rotatable bonds is 1. The van der Waals surface area contributed by atoms with E-state index in [1.165, 1.54) is 0 Å². The van der Waals surface area contributed by atoms with Gasteiger partial charge in [-0.25, -0.2) is 0 Å². The van der Waals surface area contributed by atoms with Crippen LogP contribution in [0.2, 0.25) is 5.02 Å². The summed E-state index contributed by atoms with van der Waals surface area (Å²) in [7, 11) is 0. The number of hydrogen-bond donors (Lipinski definition) is 1. The van der Waals surface area contributed by atoms with E-state index in [9.17, 15) is 0 Å². The Balaban J connectivity index is 2.61. The molecule has 1 heterocycles. The molecule has 0 aliphatic heterocycles. The van der Waals surface area contributed by atoms with E-state index in [4.69, 9.17) is 23.8 Å². The van der Waals surface area contributed by atoms with Gasteiger partial charge in [-0.05, 0) is 12.1 Å². The number of halogens is 1. The normalized spacial score (nSPS) is 10.1. The minimum absolute atomic E-state index is 0.620. The van der Waals surface area contributed by atoms with Gasteiger partial charge in [0.25, 0.3) is 0 Å². The Labute approximate surface area is 91.6 Å². The van der Waals surface area contributed by atoms with Gasteiger partial charge in [0.15, 0.2) is 0 Å². The molecule has 0 aliphatic rings. The molecule has 1 aromatic heterocycles. The minimum atomic E-state index is 0.620. The molecule has 70 valence electrons. The largest absolute Gasteiger partial charge is 0.350 e. The van der Waals surface area contributed by atoms with Crippen LogP contribution >= 0.6 is 23.8 Å². The van der Waals surface area contributed by atoms with Crippen molar-refractivity contribution in [3.05, 3.63) is 46.3 Å². The zero-order chi connectivity index (χ0) is 9.97. The van der Waals surface area contributed by atoms with Gasteiger partial charge in [0, 0.05) is 23.0 Å². The molecular weight excluding hydrogens is 216 g/mol. The lowest BCUT2D eigenvalue weighted by molar-refractivity contribution is 1.18. The van der Waals surface area contributed by atoms with Crippen LogP contribution in [0.1, 0.15) is 0 Å². The van der Waals surface area contributed by atoms with Crippen LogP contribution in [0.5, 0.6) is 0 Å². The summed E-state index contributed by atoms with van der Waals surface area (Å²) in [5.41, 5.74) is 1.68. The average Bonchev–Trinajstić information content (AvgIpc) is 2.18. The molecule has 0 fully saturated rings. The molecule has 0 atom stereocenters. The summed E-state index contributed by atoms with van der Waals surface area (Å²) in [4.78, 5) is 7.12. The number of nitrogens with zero attached hydrogens (tertiary/aromatic N) is 1. The third-order valence-electron chi connectivity index (χ3n) is 1.81. The Morgan fingerprint density at radius 3 is 2.93 bits per heavy atom. The molecule has 2 rings (SSSR count). The first kappa shape index (κ1) is 9.37. The molecule has 0 saturated heterocycles. The molecule has 0 amide bonds. The van der Waals surface area contributed by atoms with Gasteiger partial charge >= 0.3 is 0 Å². The molecule has 2 nitrogen and oxygen atoms in total. The summed E-state index contributed by atoms with van der Waals surface area (Å²) in [6.07, 6.45) is 3.38. The van der Waals surface area contributed by atoms with Gasteiger partial charge < -0.3 is 4.98 Å². The van der Waals surface area contributed by atoms with Crippen LogP contribution in [0, 0.1) is 4.64 Å². The van der Waals surface area contributed by atoms with Crippen LogP contribution in [0.4, 0.5) is 0 Å². The van der Waals surface area contributed by atoms with Crippen molar-refractivity contribution in [1.82, 2.24) is 9.97 Å². The van der Waals surface area contributed by atoms with Gasteiger partial charge in [0.2, 0.25) is 0 Å². The Morgan fingerprint density at radius 1 is 1.36 bits per heavy atom. The van der Waals surface area contributed by atoms with Crippen LogP contribution in [0.15, 0.2) is 36.7 Å². The summed E-state index contributed by atoms with van der Waals surface area (Å²) < 4.78 is 0.620. The summed E-state index contributed by atoms with van der Waals surface area (Å²) in [6.45, 7) is 0. The van der Waals surface area contributed by atoms with Crippen molar-refractivity contribution in [2.24, 2.45) is 0 Å². The third kappa shape index (κ3) is 1.84. The van der Waals surface area contributed by atoms with E-state index in [2.05, 4.69) is 9.97 Å². The van der Waals surface area contributed by atoms with Gasteiger partial charge in [0.1, 0.15) is 10.3 Å². The van der Waals surface area contributed by atoms with Crippen LogP contribution in [-0.2, 0) is 0 Å². The van der Waals surface area contributed by atoms with Crippen molar-refractivity contribution in [3.63, 3.8) is 0 Å². The third-order valence-corrected chi connectivity index (χ3v) is 2.35. The van der Waals surface area contributed by atoms with E-state index in [1.54, 1.807) is 12.4 Å². The van der Waals surface area contributed by atoms with Gasteiger partial charge in [0.05, 0.1) is 0 Å². The molecule has 0 spiro atoms. The van der Waals surface area contributed by atoms with Crippen LogP contribution in [0.3, 0.4) is 0 Å². The highest BCUT2D eigenvalue weighted by atomic mass is 35.5. The first-order chi connectivity index (χ1) is 6.77. The SMILES string of the molecule is S=c1[nH]ccnc1-c1cccc(Cl)c1. The maximum atomic E-state index is 5.88. The number of hydrogen-bond acceptors (Lipinski definition) is 2. The number of aromatic nitrogens is 2. The highest BCUT2D eigenvalue weighted by Crippen LogP contribution is 2.20. The predicted octanol–water partition coefficient (Wildman–Crippen LogP) is 3.46. The zero-order valence-corrected chi connectivity index (χ0v) is 8.77. The van der Waals surface area contributed by atoms with Crippen LogP contribution < -0.4 is 0 Å². The van der Waals surface area contributed by atoms with Crippen LogP contribution in [0.25, 0.3) is 11.3 Å².